The fourth-order valence-corrected chi connectivity index (χ4v) is 2.20. The topological polar surface area (TPSA) is 41.1 Å². The lowest BCUT2D eigenvalue weighted by molar-refractivity contribution is -0.120. The number of rotatable bonds is 6. The summed E-state index contributed by atoms with van der Waals surface area (Å²) >= 11 is 0. The molecule has 3 heteroatoms. The number of terminal acetylenes is 1. The molecule has 0 saturated heterocycles. The van der Waals surface area contributed by atoms with E-state index >= 15 is 0 Å². The fourth-order valence-electron chi connectivity index (χ4n) is 2.20. The molecule has 16 heavy (non-hydrogen) atoms. The van der Waals surface area contributed by atoms with Crippen molar-refractivity contribution in [3.05, 3.63) is 0 Å². The van der Waals surface area contributed by atoms with Crippen LogP contribution in [0.1, 0.15) is 38.5 Å². The van der Waals surface area contributed by atoms with Crippen molar-refractivity contribution < 1.29 is 4.79 Å². The minimum Gasteiger partial charge on any atom is -0.355 e. The molecule has 0 aromatic heterocycles. The molecule has 0 radical (unpaired) electrons. The maximum absolute atomic E-state index is 11.3. The van der Waals surface area contributed by atoms with E-state index in [9.17, 15) is 4.79 Å². The van der Waals surface area contributed by atoms with Crippen LogP contribution in [-0.4, -0.2) is 25.5 Å². The van der Waals surface area contributed by atoms with Crippen molar-refractivity contribution in [1.29, 1.82) is 0 Å². The molecule has 0 unspecified atom stereocenters. The van der Waals surface area contributed by atoms with Crippen LogP contribution in [0.5, 0.6) is 0 Å². The Morgan fingerprint density at radius 3 is 2.75 bits per heavy atom. The lowest BCUT2D eigenvalue weighted by Gasteiger charge is -2.21. The number of hydrogen-bond acceptors (Lipinski definition) is 2. The Balaban J connectivity index is 1.97. The van der Waals surface area contributed by atoms with Gasteiger partial charge in [0.2, 0.25) is 5.91 Å². The summed E-state index contributed by atoms with van der Waals surface area (Å²) in [7, 11) is 0. The molecule has 2 N–H and O–H groups in total. The second kappa shape index (κ2) is 8.18. The van der Waals surface area contributed by atoms with Crippen molar-refractivity contribution in [2.75, 3.05) is 19.6 Å². The van der Waals surface area contributed by atoms with Crippen LogP contribution in [0, 0.1) is 18.3 Å². The molecular formula is C13H22N2O. The van der Waals surface area contributed by atoms with Gasteiger partial charge in [-0.15, -0.1) is 6.42 Å². The molecule has 0 aromatic rings. The monoisotopic (exact) mass is 222 g/mol. The predicted octanol–water partition coefficient (Wildman–Crippen LogP) is 1.30. The third-order valence-corrected chi connectivity index (χ3v) is 3.11. The molecule has 1 saturated carbocycles. The molecule has 1 fully saturated rings. The summed E-state index contributed by atoms with van der Waals surface area (Å²) in [6, 6.07) is 0. The standard InChI is InChI=1S/C13H22N2O/c1-2-9-14-11-13(16)15-10-8-12-6-4-3-5-7-12/h1,12,14H,3-11H2,(H,15,16). The summed E-state index contributed by atoms with van der Waals surface area (Å²) in [5.74, 6) is 3.31. The SMILES string of the molecule is C#CCNCC(=O)NCCC1CCCCC1. The quantitative estimate of drug-likeness (QED) is 0.525. The summed E-state index contributed by atoms with van der Waals surface area (Å²) in [4.78, 5) is 11.3. The Labute approximate surface area is 98.4 Å². The molecule has 90 valence electrons. The molecule has 0 spiro atoms. The number of carbonyl (C=O) groups is 1. The van der Waals surface area contributed by atoms with Gasteiger partial charge in [-0.2, -0.15) is 0 Å². The first kappa shape index (κ1) is 13.1. The number of carbonyl (C=O) groups excluding carboxylic acids is 1. The average molecular weight is 222 g/mol. The van der Waals surface area contributed by atoms with Crippen molar-refractivity contribution in [3.8, 4) is 12.3 Å². The molecule has 1 rings (SSSR count). The van der Waals surface area contributed by atoms with Crippen LogP contribution in [0.3, 0.4) is 0 Å². The maximum Gasteiger partial charge on any atom is 0.233 e. The van der Waals surface area contributed by atoms with Gasteiger partial charge >= 0.3 is 0 Å². The van der Waals surface area contributed by atoms with E-state index in [-0.39, 0.29) is 5.91 Å². The predicted molar refractivity (Wildman–Crippen MR) is 65.9 cm³/mol. The van der Waals surface area contributed by atoms with Crippen LogP contribution >= 0.6 is 0 Å². The minimum absolute atomic E-state index is 0.0473. The van der Waals surface area contributed by atoms with Crippen molar-refractivity contribution in [3.63, 3.8) is 0 Å². The van der Waals surface area contributed by atoms with Gasteiger partial charge in [-0.1, -0.05) is 38.0 Å². The fraction of sp³-hybridized carbons (Fsp3) is 0.769. The Kier molecular flexibility index (Phi) is 6.67. The lowest BCUT2D eigenvalue weighted by atomic mass is 9.87. The third kappa shape index (κ3) is 5.77. The highest BCUT2D eigenvalue weighted by molar-refractivity contribution is 5.77. The van der Waals surface area contributed by atoms with Crippen LogP contribution in [0.25, 0.3) is 0 Å². The molecule has 1 aliphatic rings. The van der Waals surface area contributed by atoms with Crippen LogP contribution in [0.15, 0.2) is 0 Å². The smallest absolute Gasteiger partial charge is 0.233 e. The average Bonchev–Trinajstić information content (AvgIpc) is 2.31. The molecule has 0 bridgehead atoms. The molecule has 0 aliphatic heterocycles. The Bertz CT molecular complexity index is 239. The van der Waals surface area contributed by atoms with E-state index in [0.29, 0.717) is 13.1 Å². The van der Waals surface area contributed by atoms with Gasteiger partial charge in [0.25, 0.3) is 0 Å². The number of nitrogens with one attached hydrogen (secondary N) is 2. The first-order valence-electron chi connectivity index (χ1n) is 6.24. The van der Waals surface area contributed by atoms with Crippen molar-refractivity contribution in [2.45, 2.75) is 38.5 Å². The van der Waals surface area contributed by atoms with Gasteiger partial charge in [-0.3, -0.25) is 10.1 Å². The van der Waals surface area contributed by atoms with Crippen LogP contribution in [-0.2, 0) is 4.79 Å². The van der Waals surface area contributed by atoms with Gasteiger partial charge in [-0.05, 0) is 12.3 Å². The molecule has 0 heterocycles. The van der Waals surface area contributed by atoms with Gasteiger partial charge in [0, 0.05) is 6.54 Å². The van der Waals surface area contributed by atoms with Crippen LogP contribution < -0.4 is 10.6 Å². The summed E-state index contributed by atoms with van der Waals surface area (Å²) in [5, 5.41) is 5.79. The van der Waals surface area contributed by atoms with E-state index in [1.807, 2.05) is 0 Å². The van der Waals surface area contributed by atoms with E-state index in [1.54, 1.807) is 0 Å². The highest BCUT2D eigenvalue weighted by atomic mass is 16.1. The summed E-state index contributed by atoms with van der Waals surface area (Å²) in [5.41, 5.74) is 0. The van der Waals surface area contributed by atoms with Crippen LogP contribution in [0.2, 0.25) is 0 Å². The van der Waals surface area contributed by atoms with E-state index in [4.69, 9.17) is 6.42 Å². The van der Waals surface area contributed by atoms with Crippen molar-refractivity contribution in [2.24, 2.45) is 5.92 Å². The van der Waals surface area contributed by atoms with Crippen LogP contribution in [0.4, 0.5) is 0 Å². The van der Waals surface area contributed by atoms with E-state index < -0.39 is 0 Å². The number of hydrogen-bond donors (Lipinski definition) is 2. The van der Waals surface area contributed by atoms with Gasteiger partial charge in [0.1, 0.15) is 0 Å². The molecule has 0 aromatic carbocycles. The van der Waals surface area contributed by atoms with Gasteiger partial charge < -0.3 is 5.32 Å². The first-order chi connectivity index (χ1) is 7.83. The van der Waals surface area contributed by atoms with Crippen molar-refractivity contribution >= 4 is 5.91 Å². The highest BCUT2D eigenvalue weighted by Crippen LogP contribution is 2.25. The molecule has 3 nitrogen and oxygen atoms in total. The summed E-state index contributed by atoms with van der Waals surface area (Å²) in [6.45, 7) is 1.59. The van der Waals surface area contributed by atoms with E-state index in [2.05, 4.69) is 16.6 Å². The summed E-state index contributed by atoms with van der Waals surface area (Å²) < 4.78 is 0. The first-order valence-corrected chi connectivity index (χ1v) is 6.24. The van der Waals surface area contributed by atoms with Gasteiger partial charge in [0.05, 0.1) is 13.1 Å². The number of amides is 1. The molecule has 0 atom stereocenters. The Morgan fingerprint density at radius 2 is 2.06 bits per heavy atom. The zero-order valence-corrected chi connectivity index (χ0v) is 9.93. The third-order valence-electron chi connectivity index (χ3n) is 3.11. The molecule has 1 aliphatic carbocycles. The largest absolute Gasteiger partial charge is 0.355 e. The van der Waals surface area contributed by atoms with Crippen molar-refractivity contribution in [1.82, 2.24) is 10.6 Å². The van der Waals surface area contributed by atoms with Gasteiger partial charge in [0.15, 0.2) is 0 Å². The normalized spacial score (nSPS) is 16.7. The maximum atomic E-state index is 11.3. The molecule has 1 amide bonds. The second-order valence-electron chi connectivity index (χ2n) is 4.45. The molecular weight excluding hydrogens is 200 g/mol. The lowest BCUT2D eigenvalue weighted by Crippen LogP contribution is -2.35. The second-order valence-corrected chi connectivity index (χ2v) is 4.45. The van der Waals surface area contributed by atoms with Gasteiger partial charge in [-0.25, -0.2) is 0 Å². The zero-order chi connectivity index (χ0) is 11.6. The highest BCUT2D eigenvalue weighted by Gasteiger charge is 2.12. The summed E-state index contributed by atoms with van der Waals surface area (Å²) in [6.07, 6.45) is 13.0. The minimum atomic E-state index is 0.0473. The Morgan fingerprint density at radius 1 is 1.31 bits per heavy atom. The van der Waals surface area contributed by atoms with E-state index in [0.717, 1.165) is 18.9 Å². The Hall–Kier alpha value is -1.01. The van der Waals surface area contributed by atoms with E-state index in [1.165, 1.54) is 32.1 Å². The zero-order valence-electron chi connectivity index (χ0n) is 9.93.